The molecule has 0 bridgehead atoms. The molecule has 0 radical (unpaired) electrons. The fourth-order valence-corrected chi connectivity index (χ4v) is 3.11. The van der Waals surface area contributed by atoms with Crippen LogP contribution in [0.2, 0.25) is 0 Å². The Bertz CT molecular complexity index is 768. The lowest BCUT2D eigenvalue weighted by Crippen LogP contribution is -2.39. The van der Waals surface area contributed by atoms with Crippen LogP contribution < -0.4 is 10.1 Å². The van der Waals surface area contributed by atoms with Crippen molar-refractivity contribution in [2.45, 2.75) is 31.6 Å². The smallest absolute Gasteiger partial charge is 0.422 e. The van der Waals surface area contributed by atoms with Crippen LogP contribution in [0.25, 0.3) is 0 Å². The van der Waals surface area contributed by atoms with E-state index in [4.69, 9.17) is 0 Å². The van der Waals surface area contributed by atoms with Gasteiger partial charge in [0.1, 0.15) is 0 Å². The maximum absolute atomic E-state index is 12.6. The van der Waals surface area contributed by atoms with Crippen molar-refractivity contribution >= 4 is 6.03 Å². The van der Waals surface area contributed by atoms with Crippen LogP contribution >= 0.6 is 0 Å². The van der Waals surface area contributed by atoms with Gasteiger partial charge in [0.25, 0.3) is 0 Å². The van der Waals surface area contributed by atoms with Crippen LogP contribution in [0.1, 0.15) is 30.0 Å². The summed E-state index contributed by atoms with van der Waals surface area (Å²) < 4.78 is 41.3. The highest BCUT2D eigenvalue weighted by molar-refractivity contribution is 5.75. The molecule has 1 N–H and O–H groups in total. The van der Waals surface area contributed by atoms with E-state index in [1.807, 2.05) is 30.3 Å². The molecule has 1 aromatic heterocycles. The predicted octanol–water partition coefficient (Wildman–Crippen LogP) is 4.07. The van der Waals surface area contributed by atoms with Crippen molar-refractivity contribution < 1.29 is 22.7 Å². The number of pyridine rings is 1. The van der Waals surface area contributed by atoms with Crippen LogP contribution in [-0.2, 0) is 6.54 Å². The predicted molar refractivity (Wildman–Crippen MR) is 93.1 cm³/mol. The van der Waals surface area contributed by atoms with Gasteiger partial charge < -0.3 is 15.0 Å². The molecule has 1 unspecified atom stereocenters. The van der Waals surface area contributed by atoms with Gasteiger partial charge in [0.15, 0.2) is 6.61 Å². The number of carbonyl (C=O) groups is 1. The lowest BCUT2D eigenvalue weighted by molar-refractivity contribution is -0.154. The van der Waals surface area contributed by atoms with Gasteiger partial charge in [0.2, 0.25) is 5.88 Å². The molecule has 3 rings (SSSR count). The van der Waals surface area contributed by atoms with Crippen molar-refractivity contribution in [2.24, 2.45) is 0 Å². The fraction of sp³-hybridized carbons (Fsp3) is 0.368. The minimum atomic E-state index is -4.42. The number of halogens is 3. The molecule has 2 aromatic rings. The summed E-state index contributed by atoms with van der Waals surface area (Å²) in [5, 5.41) is 2.82. The first-order valence-corrected chi connectivity index (χ1v) is 8.66. The van der Waals surface area contributed by atoms with Gasteiger partial charge in [-0.2, -0.15) is 13.2 Å². The van der Waals surface area contributed by atoms with Gasteiger partial charge in [-0.15, -0.1) is 0 Å². The quantitative estimate of drug-likeness (QED) is 0.852. The summed E-state index contributed by atoms with van der Waals surface area (Å²) in [6.07, 6.45) is -1.23. The Labute approximate surface area is 155 Å². The van der Waals surface area contributed by atoms with Crippen molar-refractivity contribution in [3.05, 3.63) is 59.8 Å². The van der Waals surface area contributed by atoms with Crippen molar-refractivity contribution in [3.8, 4) is 5.88 Å². The van der Waals surface area contributed by atoms with Gasteiger partial charge in [-0.1, -0.05) is 30.3 Å². The van der Waals surface area contributed by atoms with E-state index in [1.165, 1.54) is 12.3 Å². The highest BCUT2D eigenvalue weighted by Gasteiger charge is 2.30. The summed E-state index contributed by atoms with van der Waals surface area (Å²) in [5.74, 6) is -0.123. The number of aromatic nitrogens is 1. The summed E-state index contributed by atoms with van der Waals surface area (Å²) in [4.78, 5) is 18.1. The Hall–Kier alpha value is -2.77. The summed E-state index contributed by atoms with van der Waals surface area (Å²) >= 11 is 0. The number of nitrogens with one attached hydrogen (secondary N) is 1. The van der Waals surface area contributed by atoms with Crippen molar-refractivity contribution in [1.82, 2.24) is 15.2 Å². The summed E-state index contributed by atoms with van der Waals surface area (Å²) in [5.41, 5.74) is 1.71. The number of nitrogens with zero attached hydrogens (tertiary/aromatic N) is 2. The van der Waals surface area contributed by atoms with Crippen molar-refractivity contribution in [3.63, 3.8) is 0 Å². The zero-order chi connectivity index (χ0) is 19.3. The molecule has 8 heteroatoms. The lowest BCUT2D eigenvalue weighted by Gasteiger charge is -2.25. The molecule has 1 atom stereocenters. The number of urea groups is 1. The van der Waals surface area contributed by atoms with Crippen LogP contribution in [-0.4, -0.2) is 35.2 Å². The number of amides is 2. The first-order chi connectivity index (χ1) is 12.9. The Balaban J connectivity index is 1.57. The zero-order valence-corrected chi connectivity index (χ0v) is 14.6. The second-order valence-electron chi connectivity index (χ2n) is 6.33. The van der Waals surface area contributed by atoms with Crippen LogP contribution in [0, 0.1) is 0 Å². The minimum Gasteiger partial charge on any atom is -0.468 e. The zero-order valence-electron chi connectivity index (χ0n) is 14.6. The molecule has 1 aliphatic heterocycles. The molecule has 27 heavy (non-hydrogen) atoms. The third-order valence-electron chi connectivity index (χ3n) is 4.32. The Morgan fingerprint density at radius 2 is 2.04 bits per heavy atom. The van der Waals surface area contributed by atoms with E-state index in [0.717, 1.165) is 18.4 Å². The summed E-state index contributed by atoms with van der Waals surface area (Å²) in [6.45, 7) is -0.550. The minimum absolute atomic E-state index is 0.0364. The van der Waals surface area contributed by atoms with E-state index < -0.39 is 12.8 Å². The number of hydrogen-bond donors (Lipinski definition) is 1. The molecule has 144 valence electrons. The summed E-state index contributed by atoms with van der Waals surface area (Å²) in [6, 6.07) is 12.7. The van der Waals surface area contributed by atoms with Crippen LogP contribution in [0.4, 0.5) is 18.0 Å². The highest BCUT2D eigenvalue weighted by atomic mass is 19.4. The number of likely N-dealkylation sites (tertiary alicyclic amines) is 1. The number of ether oxygens (including phenoxy) is 1. The van der Waals surface area contributed by atoms with Gasteiger partial charge in [-0.3, -0.25) is 0 Å². The van der Waals surface area contributed by atoms with Crippen molar-refractivity contribution in [2.75, 3.05) is 13.2 Å². The molecule has 1 aromatic carbocycles. The number of rotatable bonds is 5. The van der Waals surface area contributed by atoms with E-state index >= 15 is 0 Å². The lowest BCUT2D eigenvalue weighted by atomic mass is 10.1. The molecule has 5 nitrogen and oxygen atoms in total. The maximum atomic E-state index is 12.6. The topological polar surface area (TPSA) is 54.5 Å². The molecular formula is C19H20F3N3O2. The van der Waals surface area contributed by atoms with Gasteiger partial charge >= 0.3 is 12.2 Å². The normalized spacial score (nSPS) is 17.0. The highest BCUT2D eigenvalue weighted by Crippen LogP contribution is 2.31. The van der Waals surface area contributed by atoms with Gasteiger partial charge in [0, 0.05) is 25.4 Å². The molecule has 0 aliphatic carbocycles. The molecular weight excluding hydrogens is 359 g/mol. The third kappa shape index (κ3) is 5.35. The molecule has 1 aliphatic rings. The van der Waals surface area contributed by atoms with E-state index in [0.29, 0.717) is 12.1 Å². The Morgan fingerprint density at radius 1 is 1.26 bits per heavy atom. The number of benzene rings is 1. The Morgan fingerprint density at radius 3 is 2.78 bits per heavy atom. The van der Waals surface area contributed by atoms with Crippen LogP contribution in [0.3, 0.4) is 0 Å². The molecule has 0 spiro atoms. The average molecular weight is 379 g/mol. The second-order valence-corrected chi connectivity index (χ2v) is 6.33. The fourth-order valence-electron chi connectivity index (χ4n) is 3.11. The third-order valence-corrected chi connectivity index (χ3v) is 4.32. The number of carbonyl (C=O) groups excluding carboxylic acids is 1. The van der Waals surface area contributed by atoms with E-state index in [-0.39, 0.29) is 24.5 Å². The van der Waals surface area contributed by atoms with Crippen LogP contribution in [0.15, 0.2) is 48.7 Å². The number of alkyl halides is 3. The van der Waals surface area contributed by atoms with Crippen LogP contribution in [0.5, 0.6) is 5.88 Å². The van der Waals surface area contributed by atoms with E-state index in [1.54, 1.807) is 11.0 Å². The molecule has 0 saturated carbocycles. The van der Waals surface area contributed by atoms with Gasteiger partial charge in [-0.05, 0) is 30.0 Å². The SMILES string of the molecule is O=C(NCc1ccnc(OCC(F)(F)F)c1)N1CCCC1c1ccccc1. The largest absolute Gasteiger partial charge is 0.468 e. The second kappa shape index (κ2) is 8.28. The molecule has 1 fully saturated rings. The molecule has 2 heterocycles. The maximum Gasteiger partial charge on any atom is 0.422 e. The number of hydrogen-bond acceptors (Lipinski definition) is 3. The Kier molecular flexibility index (Phi) is 5.83. The average Bonchev–Trinajstić information content (AvgIpc) is 3.15. The van der Waals surface area contributed by atoms with Gasteiger partial charge in [-0.25, -0.2) is 9.78 Å². The molecule has 2 amide bonds. The molecule has 1 saturated heterocycles. The van der Waals surface area contributed by atoms with Gasteiger partial charge in [0.05, 0.1) is 6.04 Å². The van der Waals surface area contributed by atoms with E-state index in [9.17, 15) is 18.0 Å². The monoisotopic (exact) mass is 379 g/mol. The first-order valence-electron chi connectivity index (χ1n) is 8.66. The first kappa shape index (κ1) is 19.0. The van der Waals surface area contributed by atoms with Crippen molar-refractivity contribution in [1.29, 1.82) is 0 Å². The standard InChI is InChI=1S/C19H20F3N3O2/c20-19(21,22)13-27-17-11-14(8-9-23-17)12-24-18(26)25-10-4-7-16(25)15-5-2-1-3-6-15/h1-3,5-6,8-9,11,16H,4,7,10,12-13H2,(H,24,26). The summed E-state index contributed by atoms with van der Waals surface area (Å²) in [7, 11) is 0. The van der Waals surface area contributed by atoms with E-state index in [2.05, 4.69) is 15.0 Å².